The number of nitrogens with zero attached hydrogens (tertiary/aromatic N) is 1. The number of benzene rings is 1. The Balaban J connectivity index is 1.45. The van der Waals surface area contributed by atoms with Crippen molar-refractivity contribution in [1.82, 2.24) is 4.90 Å². The summed E-state index contributed by atoms with van der Waals surface area (Å²) in [5, 5.41) is 0.775. The van der Waals surface area contributed by atoms with Crippen LogP contribution in [0.25, 0.3) is 11.0 Å². The van der Waals surface area contributed by atoms with Crippen LogP contribution in [0.4, 0.5) is 0 Å². The molecule has 2 aromatic rings. The zero-order valence-electron chi connectivity index (χ0n) is 16.2. The van der Waals surface area contributed by atoms with Gasteiger partial charge in [-0.05, 0) is 36.0 Å². The minimum Gasteiger partial charge on any atom is -0.484 e. The van der Waals surface area contributed by atoms with Crippen LogP contribution in [-0.2, 0) is 14.3 Å². The molecule has 1 aromatic carbocycles. The van der Waals surface area contributed by atoms with E-state index in [2.05, 4.69) is 13.8 Å². The van der Waals surface area contributed by atoms with Crippen LogP contribution < -0.4 is 10.4 Å². The Morgan fingerprint density at radius 2 is 2.00 bits per heavy atom. The van der Waals surface area contributed by atoms with Gasteiger partial charge in [-0.15, -0.1) is 0 Å². The summed E-state index contributed by atoms with van der Waals surface area (Å²) >= 11 is 0. The lowest BCUT2D eigenvalue weighted by atomic mass is 9.48. The van der Waals surface area contributed by atoms with Crippen LogP contribution in [0.1, 0.15) is 20.3 Å². The minimum atomic E-state index is -0.597. The third-order valence-corrected chi connectivity index (χ3v) is 6.16. The lowest BCUT2D eigenvalue weighted by Crippen LogP contribution is -2.57. The normalized spacial score (nSPS) is 25.1. The molecule has 2 heterocycles. The average molecular weight is 385 g/mol. The number of hydrogen-bond acceptors (Lipinski definition) is 6. The van der Waals surface area contributed by atoms with Crippen LogP contribution in [0, 0.1) is 16.7 Å². The van der Waals surface area contributed by atoms with Crippen molar-refractivity contribution in [2.45, 2.75) is 20.3 Å². The molecule has 4 rings (SSSR count). The largest absolute Gasteiger partial charge is 0.484 e. The van der Waals surface area contributed by atoms with E-state index in [1.165, 1.54) is 13.2 Å². The summed E-state index contributed by atoms with van der Waals surface area (Å²) in [6.07, 6.45) is 0.714. The number of rotatable bonds is 4. The maximum atomic E-state index is 12.7. The maximum absolute atomic E-state index is 12.7. The zero-order valence-corrected chi connectivity index (χ0v) is 16.2. The third kappa shape index (κ3) is 2.85. The Morgan fingerprint density at radius 3 is 2.71 bits per heavy atom. The molecule has 2 aliphatic rings. The molecule has 2 fully saturated rings. The van der Waals surface area contributed by atoms with Gasteiger partial charge >= 0.3 is 11.6 Å². The summed E-state index contributed by atoms with van der Waals surface area (Å²) in [7, 11) is 1.39. The van der Waals surface area contributed by atoms with Gasteiger partial charge in [0.1, 0.15) is 11.3 Å². The highest BCUT2D eigenvalue weighted by Gasteiger charge is 2.68. The Bertz CT molecular complexity index is 1010. The van der Waals surface area contributed by atoms with Gasteiger partial charge in [0.2, 0.25) is 0 Å². The van der Waals surface area contributed by atoms with E-state index in [0.717, 1.165) is 5.39 Å². The molecule has 7 nitrogen and oxygen atoms in total. The molecule has 1 saturated carbocycles. The summed E-state index contributed by atoms with van der Waals surface area (Å²) in [4.78, 5) is 38.1. The van der Waals surface area contributed by atoms with Crippen LogP contribution in [0.15, 0.2) is 39.5 Å². The highest BCUT2D eigenvalue weighted by Crippen LogP contribution is 2.63. The van der Waals surface area contributed by atoms with E-state index in [-0.39, 0.29) is 29.8 Å². The molecule has 1 aliphatic carbocycles. The lowest BCUT2D eigenvalue weighted by Gasteiger charge is -2.54. The summed E-state index contributed by atoms with van der Waals surface area (Å²) < 4.78 is 15.8. The standard InChI is InChI=1S/C21H23NO6/c1-20(2)11-21(19(25)26-3)12-22(9-16(20)21)17(23)10-27-14-6-4-13-5-7-18(24)28-15(13)8-14/h4-8,16H,9-12H2,1-3H3/t16-,21+/m1/s1. The lowest BCUT2D eigenvalue weighted by molar-refractivity contribution is -0.174. The van der Waals surface area contributed by atoms with Crippen molar-refractivity contribution in [3.63, 3.8) is 0 Å². The van der Waals surface area contributed by atoms with Gasteiger partial charge in [-0.3, -0.25) is 9.59 Å². The molecule has 0 spiro atoms. The topological polar surface area (TPSA) is 86.0 Å². The van der Waals surface area contributed by atoms with Gasteiger partial charge in [-0.1, -0.05) is 13.8 Å². The number of hydrogen-bond donors (Lipinski definition) is 0. The molecular formula is C21H23NO6. The Labute approximate surface area is 162 Å². The molecule has 0 unspecified atom stereocenters. The van der Waals surface area contributed by atoms with Crippen molar-refractivity contribution in [1.29, 1.82) is 0 Å². The predicted molar refractivity (Wildman–Crippen MR) is 101 cm³/mol. The zero-order chi connectivity index (χ0) is 20.1. The molecule has 0 bridgehead atoms. The van der Waals surface area contributed by atoms with Gasteiger partial charge in [-0.25, -0.2) is 4.79 Å². The van der Waals surface area contributed by atoms with Gasteiger partial charge in [0.05, 0.1) is 12.5 Å². The molecule has 0 radical (unpaired) electrons. The highest BCUT2D eigenvalue weighted by atomic mass is 16.5. The van der Waals surface area contributed by atoms with Crippen molar-refractivity contribution < 1.29 is 23.5 Å². The van der Waals surface area contributed by atoms with Crippen LogP contribution in [0.5, 0.6) is 5.75 Å². The second kappa shape index (κ2) is 6.36. The number of esters is 1. The second-order valence-electron chi connectivity index (χ2n) is 8.38. The van der Waals surface area contributed by atoms with Crippen molar-refractivity contribution in [2.75, 3.05) is 26.8 Å². The van der Waals surface area contributed by atoms with E-state index in [9.17, 15) is 14.4 Å². The second-order valence-corrected chi connectivity index (χ2v) is 8.38. The van der Waals surface area contributed by atoms with Crippen LogP contribution >= 0.6 is 0 Å². The number of fused-ring (bicyclic) bond motifs is 2. The highest BCUT2D eigenvalue weighted by molar-refractivity contribution is 5.84. The first-order valence-corrected chi connectivity index (χ1v) is 9.28. The molecule has 2 atom stereocenters. The molecular weight excluding hydrogens is 362 g/mol. The number of likely N-dealkylation sites (tertiary alicyclic amines) is 1. The fraction of sp³-hybridized carbons (Fsp3) is 0.476. The Morgan fingerprint density at radius 1 is 1.25 bits per heavy atom. The Kier molecular flexibility index (Phi) is 4.21. The first kappa shape index (κ1) is 18.5. The van der Waals surface area contributed by atoms with Crippen molar-refractivity contribution in [3.05, 3.63) is 40.8 Å². The van der Waals surface area contributed by atoms with Gasteiger partial charge < -0.3 is 18.8 Å². The van der Waals surface area contributed by atoms with Gasteiger partial charge in [0.15, 0.2) is 6.61 Å². The Hall–Kier alpha value is -2.83. The van der Waals surface area contributed by atoms with Crippen molar-refractivity contribution >= 4 is 22.8 Å². The van der Waals surface area contributed by atoms with E-state index in [1.807, 2.05) is 0 Å². The number of ether oxygens (including phenoxy) is 2. The predicted octanol–water partition coefficient (Wildman–Crippen LogP) is 2.22. The van der Waals surface area contributed by atoms with Crippen molar-refractivity contribution in [3.8, 4) is 5.75 Å². The smallest absolute Gasteiger partial charge is 0.336 e. The fourth-order valence-corrected chi connectivity index (χ4v) is 4.93. The molecule has 1 saturated heterocycles. The molecule has 148 valence electrons. The van der Waals surface area contributed by atoms with Crippen LogP contribution in [0.3, 0.4) is 0 Å². The molecule has 28 heavy (non-hydrogen) atoms. The third-order valence-electron chi connectivity index (χ3n) is 6.16. The van der Waals surface area contributed by atoms with E-state index >= 15 is 0 Å². The summed E-state index contributed by atoms with van der Waals surface area (Å²) in [6, 6.07) is 8.11. The molecule has 0 N–H and O–H groups in total. The molecule has 1 aliphatic heterocycles. The first-order chi connectivity index (χ1) is 13.2. The van der Waals surface area contributed by atoms with Gasteiger partial charge in [-0.2, -0.15) is 0 Å². The number of methoxy groups -OCH3 is 1. The van der Waals surface area contributed by atoms with Gasteiger partial charge in [0, 0.05) is 30.6 Å². The van der Waals surface area contributed by atoms with Crippen molar-refractivity contribution in [2.24, 2.45) is 16.7 Å². The summed E-state index contributed by atoms with van der Waals surface area (Å²) in [6.45, 7) is 4.98. The van der Waals surface area contributed by atoms with Crippen LogP contribution in [0.2, 0.25) is 0 Å². The number of amides is 1. The first-order valence-electron chi connectivity index (χ1n) is 9.28. The summed E-state index contributed by atoms with van der Waals surface area (Å²) in [5.41, 5.74) is -0.632. The minimum absolute atomic E-state index is 0.0000354. The number of carbonyl (C=O) groups is 2. The quantitative estimate of drug-likeness (QED) is 0.593. The van der Waals surface area contributed by atoms with E-state index in [4.69, 9.17) is 13.9 Å². The molecule has 1 aromatic heterocycles. The molecule has 7 heteroatoms. The monoisotopic (exact) mass is 385 g/mol. The fourth-order valence-electron chi connectivity index (χ4n) is 4.93. The van der Waals surface area contributed by atoms with Gasteiger partial charge in [0.25, 0.3) is 5.91 Å². The number of carbonyl (C=O) groups excluding carboxylic acids is 2. The van der Waals surface area contributed by atoms with E-state index in [0.29, 0.717) is 30.8 Å². The SMILES string of the molecule is COC(=O)[C@@]12CN(C(=O)COc3ccc4ccc(=O)oc4c3)C[C@@H]1C(C)(C)C2. The summed E-state index contributed by atoms with van der Waals surface area (Å²) in [5.74, 6) is 0.118. The van der Waals surface area contributed by atoms with E-state index < -0.39 is 11.0 Å². The van der Waals surface area contributed by atoms with Crippen LogP contribution in [-0.4, -0.2) is 43.6 Å². The maximum Gasteiger partial charge on any atom is 0.336 e. The van der Waals surface area contributed by atoms with E-state index in [1.54, 1.807) is 29.2 Å². The average Bonchev–Trinajstić information content (AvgIpc) is 3.01. The molecule has 1 amide bonds.